The zero-order valence-electron chi connectivity index (χ0n) is 12.8. The Morgan fingerprint density at radius 3 is 2.88 bits per heavy atom. The van der Waals surface area contributed by atoms with Gasteiger partial charge in [-0.3, -0.25) is 0 Å². The molecule has 2 aromatic rings. The van der Waals surface area contributed by atoms with Crippen LogP contribution in [0, 0.1) is 0 Å². The van der Waals surface area contributed by atoms with Crippen LogP contribution in [0.5, 0.6) is 5.75 Å². The first-order valence-electron chi connectivity index (χ1n) is 6.70. The summed E-state index contributed by atoms with van der Waals surface area (Å²) in [4.78, 5) is 1.75. The number of rotatable bonds is 4. The van der Waals surface area contributed by atoms with Crippen LogP contribution in [-0.2, 0) is 6.52 Å². The maximum Gasteiger partial charge on any atom is 0.119 e. The molecule has 1 aromatic carbocycles. The van der Waals surface area contributed by atoms with E-state index in [0.29, 0.717) is 0 Å². The first-order valence-corrected chi connectivity index (χ1v) is 5.62. The molecule has 2 atom stereocenters. The molecule has 92 valence electrons. The van der Waals surface area contributed by atoms with Crippen molar-refractivity contribution in [1.29, 1.82) is 0 Å². The highest BCUT2D eigenvalue weighted by molar-refractivity contribution is 5.81. The summed E-state index contributed by atoms with van der Waals surface area (Å²) in [5.74, 6) is 0.799. The van der Waals surface area contributed by atoms with Gasteiger partial charge in [0.05, 0.1) is 8.48 Å². The van der Waals surface area contributed by atoms with Crippen LogP contribution in [0.15, 0.2) is 30.5 Å². The highest BCUT2D eigenvalue weighted by Crippen LogP contribution is 2.22. The van der Waals surface area contributed by atoms with Crippen molar-refractivity contribution in [2.45, 2.75) is 19.5 Å². The highest BCUT2D eigenvalue weighted by atomic mass is 16.5. The summed E-state index contributed by atoms with van der Waals surface area (Å²) in [6, 6.07) is 6.70. The molecule has 3 nitrogen and oxygen atoms in total. The third-order valence-electron chi connectivity index (χ3n) is 2.96. The highest BCUT2D eigenvalue weighted by Gasteiger charge is 2.08. The van der Waals surface area contributed by atoms with Crippen molar-refractivity contribution in [2.24, 2.45) is 0 Å². The number of hydrogen-bond donors (Lipinski definition) is 0. The van der Waals surface area contributed by atoms with E-state index >= 15 is 0 Å². The average Bonchev–Trinajstić information content (AvgIpc) is 2.79. The Kier molecular flexibility index (Phi) is 2.69. The fourth-order valence-corrected chi connectivity index (χ4v) is 1.70. The van der Waals surface area contributed by atoms with E-state index in [1.54, 1.807) is 18.9 Å². The standard InChI is InChI=1S/C14H20N2O/c1-11(15(2)3)10-16-8-7-12-9-13(17-4)5-6-14(12)16/h5-9,11H,10H2,1-4H3/t11-/m1/s1/i10D,11D/t10?,11-. The minimum Gasteiger partial charge on any atom is -0.497 e. The van der Waals surface area contributed by atoms with Crippen molar-refractivity contribution in [3.8, 4) is 5.75 Å². The molecule has 0 radical (unpaired) electrons. The maximum atomic E-state index is 8.35. The third-order valence-corrected chi connectivity index (χ3v) is 2.96. The van der Waals surface area contributed by atoms with Crippen molar-refractivity contribution < 1.29 is 7.48 Å². The lowest BCUT2D eigenvalue weighted by Crippen LogP contribution is -2.28. The van der Waals surface area contributed by atoms with Crippen LogP contribution in [0.4, 0.5) is 0 Å². The predicted octanol–water partition coefficient (Wildman–Crippen LogP) is 2.60. The summed E-state index contributed by atoms with van der Waals surface area (Å²) in [5, 5.41) is 1.02. The Morgan fingerprint density at radius 1 is 1.47 bits per heavy atom. The van der Waals surface area contributed by atoms with Crippen molar-refractivity contribution in [2.75, 3.05) is 21.2 Å². The monoisotopic (exact) mass is 234 g/mol. The molecular formula is C14H20N2O. The second-order valence-corrected chi connectivity index (χ2v) is 4.31. The van der Waals surface area contributed by atoms with E-state index in [4.69, 9.17) is 7.48 Å². The number of benzene rings is 1. The van der Waals surface area contributed by atoms with E-state index in [2.05, 4.69) is 0 Å². The molecule has 0 bridgehead atoms. The van der Waals surface area contributed by atoms with Gasteiger partial charge in [0.15, 0.2) is 0 Å². The van der Waals surface area contributed by atoms with Gasteiger partial charge in [-0.15, -0.1) is 0 Å². The van der Waals surface area contributed by atoms with E-state index < -0.39 is 12.5 Å². The molecule has 0 N–H and O–H groups in total. The fourth-order valence-electron chi connectivity index (χ4n) is 1.70. The number of hydrogen-bond acceptors (Lipinski definition) is 2. The van der Waals surface area contributed by atoms with E-state index in [-0.39, 0.29) is 0 Å². The van der Waals surface area contributed by atoms with Crippen LogP contribution in [0.3, 0.4) is 0 Å². The van der Waals surface area contributed by atoms with Crippen molar-refractivity contribution in [1.82, 2.24) is 9.47 Å². The zero-order chi connectivity index (χ0) is 14.2. The van der Waals surface area contributed by atoms with Gasteiger partial charge in [0.25, 0.3) is 0 Å². The summed E-state index contributed by atoms with van der Waals surface area (Å²) >= 11 is 0. The largest absolute Gasteiger partial charge is 0.497 e. The number of ether oxygens (including phenoxy) is 1. The van der Waals surface area contributed by atoms with Crippen LogP contribution in [0.2, 0.25) is 0 Å². The van der Waals surface area contributed by atoms with Gasteiger partial charge in [0.2, 0.25) is 0 Å². The second kappa shape index (κ2) is 4.80. The van der Waals surface area contributed by atoms with Gasteiger partial charge >= 0.3 is 0 Å². The Labute approximate surface area is 105 Å². The maximum absolute atomic E-state index is 8.35. The summed E-state index contributed by atoms with van der Waals surface area (Å²) < 4.78 is 23.7. The molecular weight excluding hydrogens is 212 g/mol. The molecule has 0 fully saturated rings. The summed E-state index contributed by atoms with van der Waals surface area (Å²) in [5.41, 5.74) is 0.945. The second-order valence-electron chi connectivity index (χ2n) is 4.31. The van der Waals surface area contributed by atoms with E-state index in [9.17, 15) is 0 Å². The zero-order valence-corrected chi connectivity index (χ0v) is 10.8. The van der Waals surface area contributed by atoms with Crippen molar-refractivity contribution in [3.63, 3.8) is 0 Å². The third kappa shape index (κ3) is 2.44. The number of fused-ring (bicyclic) bond motifs is 1. The van der Waals surface area contributed by atoms with Gasteiger partial charge in [-0.25, -0.2) is 0 Å². The van der Waals surface area contributed by atoms with Gasteiger partial charge in [0, 0.05) is 31.0 Å². The Bertz CT molecular complexity index is 578. The lowest BCUT2D eigenvalue weighted by Gasteiger charge is -2.20. The van der Waals surface area contributed by atoms with Crippen molar-refractivity contribution in [3.05, 3.63) is 30.5 Å². The van der Waals surface area contributed by atoms with Crippen LogP contribution in [0.1, 0.15) is 9.67 Å². The molecule has 2 rings (SSSR count). The normalized spacial score (nSPS) is 18.6. The molecule has 1 aromatic heterocycles. The van der Waals surface area contributed by atoms with Crippen molar-refractivity contribution >= 4 is 10.9 Å². The molecule has 0 saturated heterocycles. The number of nitrogens with zero attached hydrogens (tertiary/aromatic N) is 2. The first-order chi connectivity index (χ1) is 8.87. The van der Waals surface area contributed by atoms with Crippen LogP contribution >= 0.6 is 0 Å². The lowest BCUT2D eigenvalue weighted by molar-refractivity contribution is 0.286. The molecule has 0 aliphatic rings. The van der Waals surface area contributed by atoms with Crippen LogP contribution in [-0.4, -0.2) is 36.7 Å². The summed E-state index contributed by atoms with van der Waals surface area (Å²) in [6.45, 7) is 1.05. The molecule has 3 heteroatoms. The van der Waals surface area contributed by atoms with Gasteiger partial charge in [0.1, 0.15) is 5.75 Å². The van der Waals surface area contributed by atoms with Gasteiger partial charge in [-0.2, -0.15) is 0 Å². The fraction of sp³-hybridized carbons (Fsp3) is 0.429. The molecule has 1 heterocycles. The molecule has 0 saturated carbocycles. The summed E-state index contributed by atoms with van der Waals surface area (Å²) in [6.07, 6.45) is 1.86. The predicted molar refractivity (Wildman–Crippen MR) is 71.6 cm³/mol. The minimum atomic E-state index is -0.994. The minimum absolute atomic E-state index is 0.701. The van der Waals surface area contributed by atoms with E-state index in [1.807, 2.05) is 49.1 Å². The first kappa shape index (κ1) is 9.54. The molecule has 0 spiro atoms. The smallest absolute Gasteiger partial charge is 0.119 e. The van der Waals surface area contributed by atoms with Gasteiger partial charge in [-0.05, 0) is 45.3 Å². The van der Waals surface area contributed by atoms with E-state index in [1.165, 1.54) is 0 Å². The van der Waals surface area contributed by atoms with Gasteiger partial charge < -0.3 is 14.2 Å². The quantitative estimate of drug-likeness (QED) is 0.809. The molecule has 1 unspecified atom stereocenters. The summed E-state index contributed by atoms with van der Waals surface area (Å²) in [7, 11) is 5.28. The Hall–Kier alpha value is -1.48. The lowest BCUT2D eigenvalue weighted by atomic mass is 10.2. The van der Waals surface area contributed by atoms with Gasteiger partial charge in [-0.1, -0.05) is 0 Å². The van der Waals surface area contributed by atoms with Crippen LogP contribution < -0.4 is 4.74 Å². The number of likely N-dealkylation sites (N-methyl/N-ethyl adjacent to an activating group) is 1. The average molecular weight is 234 g/mol. The SMILES string of the molecule is [2H]C(n1ccc2cc(OC)ccc21)[C@@]([2H])(C)N(C)C. The topological polar surface area (TPSA) is 17.4 Å². The number of methoxy groups -OCH3 is 1. The number of aromatic nitrogens is 1. The molecule has 0 amide bonds. The van der Waals surface area contributed by atoms with E-state index in [0.717, 1.165) is 16.7 Å². The Balaban J connectivity index is 2.46. The molecule has 0 aliphatic carbocycles. The Morgan fingerprint density at radius 2 is 2.24 bits per heavy atom. The molecule has 0 aliphatic heterocycles. The van der Waals surface area contributed by atoms with Crippen LogP contribution in [0.25, 0.3) is 10.9 Å². The molecule has 17 heavy (non-hydrogen) atoms.